The molecule has 19 heavy (non-hydrogen) atoms. The van der Waals surface area contributed by atoms with Gasteiger partial charge in [-0.3, -0.25) is 0 Å². The highest BCUT2D eigenvalue weighted by Gasteiger charge is 1.96. The van der Waals surface area contributed by atoms with Gasteiger partial charge in [0.1, 0.15) is 5.75 Å². The van der Waals surface area contributed by atoms with E-state index in [0.29, 0.717) is 6.54 Å². The van der Waals surface area contributed by atoms with Crippen LogP contribution < -0.4 is 15.8 Å². The molecule has 0 saturated carbocycles. The minimum atomic E-state index is 0.597. The quantitative estimate of drug-likeness (QED) is 0.834. The molecule has 0 aliphatic carbocycles. The third kappa shape index (κ3) is 4.09. The lowest BCUT2D eigenvalue weighted by Crippen LogP contribution is -2.12. The van der Waals surface area contributed by atoms with E-state index in [1.807, 2.05) is 12.1 Å². The predicted octanol–water partition coefficient (Wildman–Crippen LogP) is 2.44. The number of ether oxygens (including phenoxy) is 1. The van der Waals surface area contributed by atoms with Crippen molar-refractivity contribution in [1.82, 2.24) is 5.32 Å². The minimum absolute atomic E-state index is 0.597. The highest BCUT2D eigenvalue weighted by Crippen LogP contribution is 2.11. The van der Waals surface area contributed by atoms with Gasteiger partial charge in [-0.15, -0.1) is 0 Å². The molecule has 0 aliphatic rings. The van der Waals surface area contributed by atoms with Gasteiger partial charge < -0.3 is 15.8 Å². The molecule has 0 heterocycles. The monoisotopic (exact) mass is 256 g/mol. The molecular weight excluding hydrogens is 236 g/mol. The number of nitrogens with one attached hydrogen (secondary N) is 1. The minimum Gasteiger partial charge on any atom is -0.497 e. The number of hydrogen-bond donors (Lipinski definition) is 2. The maximum atomic E-state index is 5.57. The summed E-state index contributed by atoms with van der Waals surface area (Å²) in [6.07, 6.45) is 0. The van der Waals surface area contributed by atoms with Crippen molar-refractivity contribution in [2.75, 3.05) is 7.11 Å². The SMILES string of the molecule is COc1ccc(CNCc2ccc(CN)cc2)cc1. The van der Waals surface area contributed by atoms with Crippen molar-refractivity contribution >= 4 is 0 Å². The number of hydrogen-bond acceptors (Lipinski definition) is 3. The third-order valence-electron chi connectivity index (χ3n) is 3.08. The first-order valence-corrected chi connectivity index (χ1v) is 6.43. The van der Waals surface area contributed by atoms with E-state index in [1.165, 1.54) is 16.7 Å². The molecule has 0 aromatic heterocycles. The van der Waals surface area contributed by atoms with Crippen LogP contribution in [0.5, 0.6) is 5.75 Å². The molecule has 0 unspecified atom stereocenters. The predicted molar refractivity (Wildman–Crippen MR) is 77.9 cm³/mol. The van der Waals surface area contributed by atoms with E-state index in [2.05, 4.69) is 41.7 Å². The van der Waals surface area contributed by atoms with Gasteiger partial charge in [-0.25, -0.2) is 0 Å². The second-order valence-electron chi connectivity index (χ2n) is 4.47. The lowest BCUT2D eigenvalue weighted by atomic mass is 10.1. The van der Waals surface area contributed by atoms with Crippen LogP contribution in [-0.4, -0.2) is 7.11 Å². The van der Waals surface area contributed by atoms with Gasteiger partial charge >= 0.3 is 0 Å². The molecule has 0 radical (unpaired) electrons. The maximum Gasteiger partial charge on any atom is 0.118 e. The molecule has 100 valence electrons. The van der Waals surface area contributed by atoms with Crippen molar-refractivity contribution in [3.63, 3.8) is 0 Å². The summed E-state index contributed by atoms with van der Waals surface area (Å²) >= 11 is 0. The van der Waals surface area contributed by atoms with Gasteiger partial charge in [0.25, 0.3) is 0 Å². The normalized spacial score (nSPS) is 10.4. The second kappa shape index (κ2) is 6.92. The van der Waals surface area contributed by atoms with E-state index in [-0.39, 0.29) is 0 Å². The average Bonchev–Trinajstić information content (AvgIpc) is 2.49. The third-order valence-corrected chi connectivity index (χ3v) is 3.08. The van der Waals surface area contributed by atoms with Crippen molar-refractivity contribution in [2.45, 2.75) is 19.6 Å². The van der Waals surface area contributed by atoms with E-state index in [4.69, 9.17) is 10.5 Å². The van der Waals surface area contributed by atoms with Crippen LogP contribution in [0.3, 0.4) is 0 Å². The molecule has 0 amide bonds. The Morgan fingerprint density at radius 1 is 0.842 bits per heavy atom. The smallest absolute Gasteiger partial charge is 0.118 e. The Balaban J connectivity index is 1.81. The molecule has 0 atom stereocenters. The van der Waals surface area contributed by atoms with E-state index in [1.54, 1.807) is 7.11 Å². The maximum absolute atomic E-state index is 5.57. The molecule has 2 aromatic carbocycles. The Hall–Kier alpha value is -1.84. The summed E-state index contributed by atoms with van der Waals surface area (Å²) in [6.45, 7) is 2.30. The Morgan fingerprint density at radius 3 is 1.79 bits per heavy atom. The molecule has 2 rings (SSSR count). The van der Waals surface area contributed by atoms with Crippen molar-refractivity contribution < 1.29 is 4.74 Å². The van der Waals surface area contributed by atoms with Crippen LogP contribution >= 0.6 is 0 Å². The molecule has 0 aliphatic heterocycles. The molecule has 3 nitrogen and oxygen atoms in total. The molecule has 0 saturated heterocycles. The Kier molecular flexibility index (Phi) is 4.95. The van der Waals surface area contributed by atoms with Gasteiger partial charge in [0.05, 0.1) is 7.11 Å². The molecule has 0 fully saturated rings. The van der Waals surface area contributed by atoms with Crippen LogP contribution in [0.2, 0.25) is 0 Å². The molecule has 0 bridgehead atoms. The topological polar surface area (TPSA) is 47.3 Å². The number of rotatable bonds is 6. The van der Waals surface area contributed by atoms with Crippen LogP contribution in [0, 0.1) is 0 Å². The van der Waals surface area contributed by atoms with Gasteiger partial charge in [0, 0.05) is 19.6 Å². The van der Waals surface area contributed by atoms with E-state index in [9.17, 15) is 0 Å². The van der Waals surface area contributed by atoms with Crippen molar-refractivity contribution in [3.05, 3.63) is 65.2 Å². The summed E-state index contributed by atoms with van der Waals surface area (Å²) < 4.78 is 5.13. The van der Waals surface area contributed by atoms with Gasteiger partial charge in [0.15, 0.2) is 0 Å². The van der Waals surface area contributed by atoms with Crippen molar-refractivity contribution in [3.8, 4) is 5.75 Å². The van der Waals surface area contributed by atoms with Crippen molar-refractivity contribution in [1.29, 1.82) is 0 Å². The number of benzene rings is 2. The molecule has 0 spiro atoms. The van der Waals surface area contributed by atoms with Gasteiger partial charge in [0.2, 0.25) is 0 Å². The van der Waals surface area contributed by atoms with Crippen LogP contribution in [0.4, 0.5) is 0 Å². The van der Waals surface area contributed by atoms with E-state index < -0.39 is 0 Å². The summed E-state index contributed by atoms with van der Waals surface area (Å²) in [5.41, 5.74) is 9.26. The average molecular weight is 256 g/mol. The van der Waals surface area contributed by atoms with Gasteiger partial charge in [-0.1, -0.05) is 36.4 Å². The summed E-state index contributed by atoms with van der Waals surface area (Å²) in [4.78, 5) is 0. The number of nitrogens with two attached hydrogens (primary N) is 1. The molecule has 3 N–H and O–H groups in total. The lowest BCUT2D eigenvalue weighted by molar-refractivity contribution is 0.414. The van der Waals surface area contributed by atoms with Gasteiger partial charge in [-0.05, 0) is 28.8 Å². The van der Waals surface area contributed by atoms with Crippen LogP contribution in [0.15, 0.2) is 48.5 Å². The largest absolute Gasteiger partial charge is 0.497 e. The lowest BCUT2D eigenvalue weighted by Gasteiger charge is -2.07. The standard InChI is InChI=1S/C16H20N2O/c1-19-16-8-6-15(7-9-16)12-18-11-14-4-2-13(10-17)3-5-14/h2-9,18H,10-12,17H2,1H3. The summed E-state index contributed by atoms with van der Waals surface area (Å²) in [5, 5.41) is 3.42. The van der Waals surface area contributed by atoms with Crippen LogP contribution in [0.25, 0.3) is 0 Å². The van der Waals surface area contributed by atoms with Crippen LogP contribution in [-0.2, 0) is 19.6 Å². The highest BCUT2D eigenvalue weighted by molar-refractivity contribution is 5.27. The Bertz CT molecular complexity index is 444. The zero-order valence-electron chi connectivity index (χ0n) is 11.2. The zero-order chi connectivity index (χ0) is 13.5. The second-order valence-corrected chi connectivity index (χ2v) is 4.47. The molecular formula is C16H20N2O. The van der Waals surface area contributed by atoms with Crippen LogP contribution in [0.1, 0.15) is 16.7 Å². The fourth-order valence-corrected chi connectivity index (χ4v) is 1.89. The first-order chi connectivity index (χ1) is 9.31. The molecule has 3 heteroatoms. The summed E-state index contributed by atoms with van der Waals surface area (Å²) in [7, 11) is 1.68. The fraction of sp³-hybridized carbons (Fsp3) is 0.250. The van der Waals surface area contributed by atoms with E-state index >= 15 is 0 Å². The fourth-order valence-electron chi connectivity index (χ4n) is 1.89. The zero-order valence-corrected chi connectivity index (χ0v) is 11.2. The van der Waals surface area contributed by atoms with Gasteiger partial charge in [-0.2, -0.15) is 0 Å². The number of methoxy groups -OCH3 is 1. The first-order valence-electron chi connectivity index (χ1n) is 6.43. The Morgan fingerprint density at radius 2 is 1.32 bits per heavy atom. The Labute approximate surface area is 114 Å². The first kappa shape index (κ1) is 13.6. The van der Waals surface area contributed by atoms with E-state index in [0.717, 1.165) is 18.8 Å². The summed E-state index contributed by atoms with van der Waals surface area (Å²) in [5.74, 6) is 0.890. The highest BCUT2D eigenvalue weighted by atomic mass is 16.5. The summed E-state index contributed by atoms with van der Waals surface area (Å²) in [6, 6.07) is 16.5. The van der Waals surface area contributed by atoms with Crippen molar-refractivity contribution in [2.24, 2.45) is 5.73 Å². The molecule has 2 aromatic rings.